The highest BCUT2D eigenvalue weighted by Gasteiger charge is 2.28. The van der Waals surface area contributed by atoms with Crippen molar-refractivity contribution in [1.82, 2.24) is 20.2 Å². The number of likely N-dealkylation sites (N-methyl/N-ethyl adjacent to an activating group) is 1. The van der Waals surface area contributed by atoms with Gasteiger partial charge < -0.3 is 4.90 Å². The minimum absolute atomic E-state index is 0.134. The topological polar surface area (TPSA) is 91.8 Å². The second-order valence-corrected chi connectivity index (χ2v) is 8.10. The number of anilines is 1. The molecule has 1 N–H and O–H groups in total. The number of sulfone groups is 1. The van der Waals surface area contributed by atoms with Crippen LogP contribution in [-0.2, 0) is 16.3 Å². The molecular formula is C16H17N5O2S. The Balaban J connectivity index is 2.12. The van der Waals surface area contributed by atoms with Crippen LogP contribution in [-0.4, -0.2) is 48.4 Å². The molecule has 0 radical (unpaired) electrons. The summed E-state index contributed by atoms with van der Waals surface area (Å²) in [5.74, 6) is 0.695. The van der Waals surface area contributed by atoms with Crippen LogP contribution in [0.2, 0.25) is 0 Å². The van der Waals surface area contributed by atoms with Crippen molar-refractivity contribution in [2.75, 3.05) is 24.7 Å². The Kier molecular flexibility index (Phi) is 3.14. The Bertz CT molecular complexity index is 1070. The molecule has 0 spiro atoms. The Labute approximate surface area is 139 Å². The second-order valence-electron chi connectivity index (χ2n) is 6.19. The van der Waals surface area contributed by atoms with Crippen LogP contribution in [0.25, 0.3) is 22.2 Å². The molecule has 0 bridgehead atoms. The summed E-state index contributed by atoms with van der Waals surface area (Å²) in [7, 11) is -1.59. The van der Waals surface area contributed by atoms with Gasteiger partial charge in [0.15, 0.2) is 0 Å². The Hall–Kier alpha value is -2.48. The van der Waals surface area contributed by atoms with E-state index in [0.29, 0.717) is 11.5 Å². The first-order chi connectivity index (χ1) is 11.4. The molecule has 3 heterocycles. The number of hydrogen-bond donors (Lipinski definition) is 1. The minimum Gasteiger partial charge on any atom is -0.359 e. The summed E-state index contributed by atoms with van der Waals surface area (Å²) in [4.78, 5) is 10.7. The van der Waals surface area contributed by atoms with Crippen molar-refractivity contribution in [3.05, 3.63) is 29.5 Å². The molecule has 0 aliphatic carbocycles. The number of H-pyrrole nitrogens is 1. The molecule has 0 saturated carbocycles. The summed E-state index contributed by atoms with van der Waals surface area (Å²) >= 11 is 0. The van der Waals surface area contributed by atoms with Gasteiger partial charge in [-0.3, -0.25) is 5.10 Å². The van der Waals surface area contributed by atoms with Gasteiger partial charge in [0.25, 0.3) is 0 Å². The zero-order chi connectivity index (χ0) is 17.1. The van der Waals surface area contributed by atoms with Gasteiger partial charge in [0, 0.05) is 36.4 Å². The normalized spacial score (nSPS) is 14.4. The van der Waals surface area contributed by atoms with Gasteiger partial charge in [0.05, 0.1) is 17.4 Å². The van der Waals surface area contributed by atoms with Crippen LogP contribution in [0.1, 0.15) is 11.1 Å². The van der Waals surface area contributed by atoms with Crippen molar-refractivity contribution in [2.45, 2.75) is 18.5 Å². The van der Waals surface area contributed by atoms with Crippen LogP contribution >= 0.6 is 0 Å². The number of aromatic amines is 1. The van der Waals surface area contributed by atoms with Gasteiger partial charge in [0.2, 0.25) is 15.0 Å². The number of hydrogen-bond acceptors (Lipinski definition) is 6. The van der Waals surface area contributed by atoms with Crippen molar-refractivity contribution in [3.8, 4) is 11.3 Å². The van der Waals surface area contributed by atoms with Crippen LogP contribution in [0.15, 0.2) is 23.5 Å². The predicted octanol–water partition coefficient (Wildman–Crippen LogP) is 1.72. The number of nitrogens with one attached hydrogen (secondary N) is 1. The quantitative estimate of drug-likeness (QED) is 0.713. The molecular weight excluding hydrogens is 326 g/mol. The number of rotatable bonds is 2. The third kappa shape index (κ3) is 2.17. The fourth-order valence-electron chi connectivity index (χ4n) is 3.20. The molecule has 124 valence electrons. The summed E-state index contributed by atoms with van der Waals surface area (Å²) in [6.45, 7) is 2.79. The number of fused-ring (bicyclic) bond motifs is 2. The molecule has 1 aliphatic rings. The van der Waals surface area contributed by atoms with Crippen LogP contribution in [0.3, 0.4) is 0 Å². The van der Waals surface area contributed by atoms with Gasteiger partial charge in [-0.15, -0.1) is 0 Å². The lowest BCUT2D eigenvalue weighted by Gasteiger charge is -2.15. The highest BCUT2D eigenvalue weighted by atomic mass is 32.2. The molecule has 7 nitrogen and oxygen atoms in total. The van der Waals surface area contributed by atoms with E-state index < -0.39 is 9.84 Å². The Morgan fingerprint density at radius 1 is 1.25 bits per heavy atom. The molecule has 0 atom stereocenters. The monoisotopic (exact) mass is 343 g/mol. The van der Waals surface area contributed by atoms with E-state index in [-0.39, 0.29) is 5.16 Å². The first-order valence-electron chi connectivity index (χ1n) is 7.61. The zero-order valence-corrected chi connectivity index (χ0v) is 14.5. The van der Waals surface area contributed by atoms with Crippen molar-refractivity contribution in [1.29, 1.82) is 0 Å². The van der Waals surface area contributed by atoms with Gasteiger partial charge in [-0.05, 0) is 25.0 Å². The van der Waals surface area contributed by atoms with Crippen molar-refractivity contribution in [2.24, 2.45) is 0 Å². The van der Waals surface area contributed by atoms with E-state index in [2.05, 4.69) is 20.2 Å². The second kappa shape index (κ2) is 5.01. The number of nitrogens with zero attached hydrogens (tertiary/aromatic N) is 4. The maximum atomic E-state index is 12.1. The van der Waals surface area contributed by atoms with Gasteiger partial charge in [-0.1, -0.05) is 6.07 Å². The van der Waals surface area contributed by atoms with Crippen molar-refractivity contribution < 1.29 is 8.42 Å². The average Bonchev–Trinajstić information content (AvgIpc) is 3.13. The largest absolute Gasteiger partial charge is 0.359 e. The zero-order valence-electron chi connectivity index (χ0n) is 13.7. The summed E-state index contributed by atoms with van der Waals surface area (Å²) in [5.41, 5.74) is 4.52. The van der Waals surface area contributed by atoms with Crippen molar-refractivity contribution >= 4 is 26.6 Å². The van der Waals surface area contributed by atoms with E-state index in [1.165, 1.54) is 0 Å². The number of benzene rings is 1. The van der Waals surface area contributed by atoms with Gasteiger partial charge in [-0.25, -0.2) is 18.4 Å². The maximum absolute atomic E-state index is 12.1. The van der Waals surface area contributed by atoms with E-state index in [4.69, 9.17) is 0 Å². The van der Waals surface area contributed by atoms with Crippen LogP contribution in [0.4, 0.5) is 5.82 Å². The van der Waals surface area contributed by atoms with Gasteiger partial charge in [-0.2, -0.15) is 5.10 Å². The predicted molar refractivity (Wildman–Crippen MR) is 91.9 cm³/mol. The fraction of sp³-hybridized carbons (Fsp3) is 0.312. The lowest BCUT2D eigenvalue weighted by atomic mass is 9.97. The van der Waals surface area contributed by atoms with E-state index in [1.807, 2.05) is 31.0 Å². The minimum atomic E-state index is -3.50. The smallest absolute Gasteiger partial charge is 0.249 e. The molecule has 0 fully saturated rings. The first-order valence-corrected chi connectivity index (χ1v) is 9.50. The van der Waals surface area contributed by atoms with Crippen LogP contribution in [0.5, 0.6) is 0 Å². The molecule has 24 heavy (non-hydrogen) atoms. The molecule has 1 aliphatic heterocycles. The first kappa shape index (κ1) is 15.1. The summed E-state index contributed by atoms with van der Waals surface area (Å²) in [5, 5.41) is 7.87. The summed E-state index contributed by atoms with van der Waals surface area (Å²) in [6.07, 6.45) is 3.68. The molecule has 1 aromatic carbocycles. The number of aryl methyl sites for hydroxylation is 1. The third-order valence-electron chi connectivity index (χ3n) is 4.42. The highest BCUT2D eigenvalue weighted by Crippen LogP contribution is 2.38. The van der Waals surface area contributed by atoms with E-state index in [0.717, 1.165) is 46.8 Å². The molecule has 2 aromatic heterocycles. The molecule has 4 rings (SSSR count). The summed E-state index contributed by atoms with van der Waals surface area (Å²) in [6, 6.07) is 3.95. The summed E-state index contributed by atoms with van der Waals surface area (Å²) < 4.78 is 24.1. The van der Waals surface area contributed by atoms with Gasteiger partial charge in [0.1, 0.15) is 5.82 Å². The molecule has 3 aromatic rings. The standard InChI is InChI=1S/C16H17N5O2S/c1-9-4-5-12-11(8-17-20-12)13(9)14-10-6-7-21(2)15(10)19-16(18-14)24(3,22)23/h4-5,8H,6-7H2,1-3H3,(H,17,20). The van der Waals surface area contributed by atoms with E-state index in [9.17, 15) is 8.42 Å². The average molecular weight is 343 g/mol. The van der Waals surface area contributed by atoms with Crippen LogP contribution in [0, 0.1) is 6.92 Å². The maximum Gasteiger partial charge on any atom is 0.249 e. The molecule has 0 amide bonds. The molecule has 0 saturated heterocycles. The highest BCUT2D eigenvalue weighted by molar-refractivity contribution is 7.90. The molecule has 0 unspecified atom stereocenters. The molecule has 8 heteroatoms. The Morgan fingerprint density at radius 2 is 2.04 bits per heavy atom. The van der Waals surface area contributed by atoms with E-state index in [1.54, 1.807) is 6.20 Å². The van der Waals surface area contributed by atoms with Gasteiger partial charge >= 0.3 is 0 Å². The number of aromatic nitrogens is 4. The Morgan fingerprint density at radius 3 is 2.79 bits per heavy atom. The van der Waals surface area contributed by atoms with E-state index >= 15 is 0 Å². The third-order valence-corrected chi connectivity index (χ3v) is 5.27. The fourth-order valence-corrected chi connectivity index (χ4v) is 3.71. The SMILES string of the molecule is Cc1ccc2[nH]ncc2c1-c1nc(S(C)(=O)=O)nc2c1CCN2C. The van der Waals surface area contributed by atoms with Crippen molar-refractivity contribution in [3.63, 3.8) is 0 Å². The van der Waals surface area contributed by atoms with Crippen LogP contribution < -0.4 is 4.90 Å². The lowest BCUT2D eigenvalue weighted by molar-refractivity contribution is 0.593. The lowest BCUT2D eigenvalue weighted by Crippen LogP contribution is -2.15.